The number of alkyl carbamates (subject to hydrolysis) is 1. The van der Waals surface area contributed by atoms with Crippen molar-refractivity contribution in [2.75, 3.05) is 7.11 Å². The second-order valence-corrected chi connectivity index (χ2v) is 10.8. The first-order chi connectivity index (χ1) is 16.3. The molecule has 2 aromatic heterocycles. The molecule has 2 heterocycles. The second kappa shape index (κ2) is 10.4. The molecule has 34 heavy (non-hydrogen) atoms. The number of amides is 1. The van der Waals surface area contributed by atoms with Gasteiger partial charge in [-0.15, -0.1) is 15.3 Å². The fraction of sp³-hybridized carbons (Fsp3) is 0.333. The summed E-state index contributed by atoms with van der Waals surface area (Å²) in [7, 11) is 1.66. The highest BCUT2D eigenvalue weighted by atomic mass is 32.2. The average molecular weight is 498 g/mol. The Morgan fingerprint density at radius 1 is 1.12 bits per heavy atom. The maximum absolute atomic E-state index is 12.6. The van der Waals surface area contributed by atoms with Gasteiger partial charge in [-0.3, -0.25) is 0 Å². The molecule has 0 bridgehead atoms. The number of hydrogen-bond acceptors (Lipinski definition) is 8. The van der Waals surface area contributed by atoms with E-state index in [9.17, 15) is 4.79 Å². The predicted octanol–water partition coefficient (Wildman–Crippen LogP) is 5.30. The molecule has 4 rings (SSSR count). The van der Waals surface area contributed by atoms with Crippen molar-refractivity contribution in [2.45, 2.75) is 48.9 Å². The Hall–Kier alpha value is -3.11. The van der Waals surface area contributed by atoms with Crippen molar-refractivity contribution in [3.05, 3.63) is 71.5 Å². The number of hydrogen-bond donors (Lipinski definition) is 1. The van der Waals surface area contributed by atoms with Gasteiger partial charge in [0.1, 0.15) is 11.4 Å². The molecule has 178 valence electrons. The van der Waals surface area contributed by atoms with Crippen molar-refractivity contribution < 1.29 is 14.3 Å². The minimum Gasteiger partial charge on any atom is -0.497 e. The van der Waals surface area contributed by atoms with Crippen LogP contribution >= 0.6 is 23.1 Å². The lowest BCUT2D eigenvalue weighted by Crippen LogP contribution is -2.36. The number of aromatic nitrogens is 4. The molecule has 0 aliphatic carbocycles. The molecule has 0 fully saturated rings. The van der Waals surface area contributed by atoms with Crippen LogP contribution in [-0.2, 0) is 16.9 Å². The minimum atomic E-state index is -0.605. The lowest BCUT2D eigenvalue weighted by molar-refractivity contribution is 0.0500. The van der Waals surface area contributed by atoms with Gasteiger partial charge < -0.3 is 14.8 Å². The summed E-state index contributed by atoms with van der Waals surface area (Å²) in [6.45, 7) is 5.50. The zero-order chi connectivity index (χ0) is 24.1. The van der Waals surface area contributed by atoms with E-state index in [1.807, 2.05) is 69.3 Å². The highest BCUT2D eigenvalue weighted by molar-refractivity contribution is 8.00. The molecule has 8 nitrogen and oxygen atoms in total. The van der Waals surface area contributed by atoms with Crippen molar-refractivity contribution in [3.63, 3.8) is 0 Å². The monoisotopic (exact) mass is 497 g/mol. The third kappa shape index (κ3) is 6.27. The van der Waals surface area contributed by atoms with Gasteiger partial charge in [0.05, 0.1) is 13.2 Å². The molecular weight excluding hydrogens is 470 g/mol. The molecule has 1 amide bonds. The topological polar surface area (TPSA) is 90.6 Å². The van der Waals surface area contributed by atoms with Gasteiger partial charge in [-0.2, -0.15) is 4.52 Å². The molecule has 0 aliphatic heterocycles. The van der Waals surface area contributed by atoms with E-state index in [0.717, 1.165) is 27.0 Å². The number of rotatable bonds is 8. The summed E-state index contributed by atoms with van der Waals surface area (Å²) < 4.78 is 13.4. The Labute approximate surface area is 206 Å². The van der Waals surface area contributed by atoms with Gasteiger partial charge >= 0.3 is 6.09 Å². The first kappa shape index (κ1) is 24.0. The van der Waals surface area contributed by atoms with E-state index in [2.05, 4.69) is 21.6 Å². The fourth-order valence-electron chi connectivity index (χ4n) is 3.30. The minimum absolute atomic E-state index is 0.453. The molecule has 0 saturated heterocycles. The molecule has 0 aliphatic rings. The zero-order valence-electron chi connectivity index (χ0n) is 19.5. The first-order valence-electron chi connectivity index (χ1n) is 10.8. The van der Waals surface area contributed by atoms with E-state index in [0.29, 0.717) is 17.2 Å². The van der Waals surface area contributed by atoms with Gasteiger partial charge in [0.25, 0.3) is 0 Å². The third-order valence-corrected chi connectivity index (χ3v) is 6.88. The van der Waals surface area contributed by atoms with Crippen LogP contribution in [0, 0.1) is 0 Å². The molecule has 0 saturated carbocycles. The summed E-state index contributed by atoms with van der Waals surface area (Å²) in [5.41, 5.74) is 1.60. The van der Waals surface area contributed by atoms with Crippen molar-refractivity contribution >= 4 is 34.2 Å². The van der Waals surface area contributed by atoms with Crippen LogP contribution in [0.5, 0.6) is 5.75 Å². The van der Waals surface area contributed by atoms with Crippen molar-refractivity contribution in [1.29, 1.82) is 0 Å². The number of carbonyl (C=O) groups is 1. The van der Waals surface area contributed by atoms with E-state index < -0.39 is 17.7 Å². The predicted molar refractivity (Wildman–Crippen MR) is 133 cm³/mol. The van der Waals surface area contributed by atoms with E-state index in [1.165, 1.54) is 11.3 Å². The van der Waals surface area contributed by atoms with Gasteiger partial charge in [-0.1, -0.05) is 65.6 Å². The smallest absolute Gasteiger partial charge is 0.408 e. The van der Waals surface area contributed by atoms with Crippen LogP contribution in [0.4, 0.5) is 4.79 Å². The second-order valence-electron chi connectivity index (χ2n) is 8.65. The normalized spacial score (nSPS) is 12.5. The Bertz CT molecular complexity index is 1250. The van der Waals surface area contributed by atoms with Crippen LogP contribution in [0.15, 0.2) is 58.9 Å². The first-order valence-corrected chi connectivity index (χ1v) is 12.6. The average Bonchev–Trinajstić information content (AvgIpc) is 3.37. The number of methoxy groups -OCH3 is 1. The molecule has 1 atom stereocenters. The molecule has 0 spiro atoms. The highest BCUT2D eigenvalue weighted by Gasteiger charge is 2.26. The number of thioether (sulfide) groups is 1. The largest absolute Gasteiger partial charge is 0.497 e. The van der Waals surface area contributed by atoms with Crippen LogP contribution in [-0.4, -0.2) is 38.6 Å². The van der Waals surface area contributed by atoms with E-state index in [4.69, 9.17) is 14.6 Å². The fourth-order valence-corrected chi connectivity index (χ4v) is 5.13. The molecular formula is C24H27N5O3S2. The number of ether oxygens (including phenoxy) is 2. The van der Waals surface area contributed by atoms with Gasteiger partial charge in [0, 0.05) is 12.2 Å². The Kier molecular flexibility index (Phi) is 7.38. The van der Waals surface area contributed by atoms with Crippen LogP contribution in [0.3, 0.4) is 0 Å². The van der Waals surface area contributed by atoms with Crippen molar-refractivity contribution in [1.82, 2.24) is 25.1 Å². The van der Waals surface area contributed by atoms with Gasteiger partial charge in [-0.05, 0) is 44.0 Å². The number of carbonyl (C=O) groups excluding carboxylic acids is 1. The summed E-state index contributed by atoms with van der Waals surface area (Å²) in [4.78, 5) is 13.3. The summed E-state index contributed by atoms with van der Waals surface area (Å²) >= 11 is 3.09. The van der Waals surface area contributed by atoms with Crippen molar-refractivity contribution in [3.8, 4) is 5.75 Å². The zero-order valence-corrected chi connectivity index (χ0v) is 21.2. The maximum Gasteiger partial charge on any atom is 0.408 e. The van der Waals surface area contributed by atoms with Gasteiger partial charge in [0.2, 0.25) is 4.96 Å². The number of nitrogens with one attached hydrogen (secondary N) is 1. The van der Waals surface area contributed by atoms with Crippen LogP contribution in [0.1, 0.15) is 43.8 Å². The van der Waals surface area contributed by atoms with Crippen molar-refractivity contribution in [2.24, 2.45) is 0 Å². The quantitative estimate of drug-likeness (QED) is 0.331. The molecule has 4 aromatic rings. The van der Waals surface area contributed by atoms with E-state index >= 15 is 0 Å². The third-order valence-electron chi connectivity index (χ3n) is 4.78. The van der Waals surface area contributed by atoms with E-state index in [1.54, 1.807) is 23.4 Å². The van der Waals surface area contributed by atoms with Gasteiger partial charge in [0.15, 0.2) is 10.2 Å². The van der Waals surface area contributed by atoms with Crippen LogP contribution in [0.25, 0.3) is 4.96 Å². The molecule has 1 unspecified atom stereocenters. The molecule has 10 heteroatoms. The Balaban J connectivity index is 1.55. The van der Waals surface area contributed by atoms with Gasteiger partial charge in [-0.25, -0.2) is 4.79 Å². The van der Waals surface area contributed by atoms with Crippen LogP contribution in [0.2, 0.25) is 0 Å². The lowest BCUT2D eigenvalue weighted by atomic mass is 10.1. The van der Waals surface area contributed by atoms with E-state index in [-0.39, 0.29) is 0 Å². The van der Waals surface area contributed by atoms with Crippen LogP contribution < -0.4 is 10.1 Å². The summed E-state index contributed by atoms with van der Waals surface area (Å²) in [5.74, 6) is 2.14. The SMILES string of the molecule is COc1cccc(CSc2nn3c(C(Cc4ccccc4)NC(=O)OC(C)(C)C)nnc3s2)c1. The Morgan fingerprint density at radius 3 is 2.62 bits per heavy atom. The Morgan fingerprint density at radius 2 is 1.88 bits per heavy atom. The highest BCUT2D eigenvalue weighted by Crippen LogP contribution is 2.30. The molecule has 0 radical (unpaired) electrons. The lowest BCUT2D eigenvalue weighted by Gasteiger charge is -2.22. The standard InChI is InChI=1S/C24H27N5O3S2/c1-24(2,3)32-22(30)25-19(14-16-9-6-5-7-10-16)20-26-27-21-29(20)28-23(34-21)33-15-17-11-8-12-18(13-17)31-4/h5-13,19H,14-15H2,1-4H3,(H,25,30). The number of benzene rings is 2. The summed E-state index contributed by atoms with van der Waals surface area (Å²) in [6.07, 6.45) is 0.0260. The summed E-state index contributed by atoms with van der Waals surface area (Å²) in [5, 5.41) is 16.3. The number of nitrogens with zero attached hydrogens (tertiary/aromatic N) is 4. The molecule has 1 N–H and O–H groups in total. The summed E-state index contributed by atoms with van der Waals surface area (Å²) in [6, 6.07) is 17.4. The maximum atomic E-state index is 12.6. The molecule has 2 aromatic carbocycles. The number of fused-ring (bicyclic) bond motifs is 1.